The molecule has 0 saturated carbocycles. The van der Waals surface area contributed by atoms with E-state index in [0.717, 1.165) is 13.1 Å². The fraction of sp³-hybridized carbons (Fsp3) is 0.471. The van der Waals surface area contributed by atoms with Crippen LogP contribution in [0.5, 0.6) is 0 Å². The Labute approximate surface area is 122 Å². The minimum atomic E-state index is 0.900. The fourth-order valence-electron chi connectivity index (χ4n) is 2.51. The van der Waals surface area contributed by atoms with E-state index in [9.17, 15) is 0 Å². The summed E-state index contributed by atoms with van der Waals surface area (Å²) in [6, 6.07) is 6.38. The SMILES string of the molecule is CCCCNCc1cnn(-c2c(C)cccc2C)c1C. The first-order valence-corrected chi connectivity index (χ1v) is 7.46. The van der Waals surface area contributed by atoms with E-state index < -0.39 is 0 Å². The maximum Gasteiger partial charge on any atom is 0.0707 e. The van der Waals surface area contributed by atoms with Crippen LogP contribution in [0.25, 0.3) is 5.69 Å². The topological polar surface area (TPSA) is 29.9 Å². The van der Waals surface area contributed by atoms with Crippen LogP contribution >= 0.6 is 0 Å². The number of hydrogen-bond acceptors (Lipinski definition) is 2. The summed E-state index contributed by atoms with van der Waals surface area (Å²) in [5, 5.41) is 8.07. The molecule has 0 bridgehead atoms. The Balaban J connectivity index is 2.20. The molecule has 1 aromatic carbocycles. The normalized spacial score (nSPS) is 11.0. The number of nitrogens with one attached hydrogen (secondary N) is 1. The van der Waals surface area contributed by atoms with E-state index in [1.54, 1.807) is 0 Å². The molecule has 20 heavy (non-hydrogen) atoms. The quantitative estimate of drug-likeness (QED) is 0.812. The maximum absolute atomic E-state index is 4.58. The van der Waals surface area contributed by atoms with Gasteiger partial charge in [-0.15, -0.1) is 0 Å². The van der Waals surface area contributed by atoms with Gasteiger partial charge in [0.25, 0.3) is 0 Å². The van der Waals surface area contributed by atoms with E-state index in [1.807, 2.05) is 6.20 Å². The van der Waals surface area contributed by atoms with Gasteiger partial charge in [0.2, 0.25) is 0 Å². The monoisotopic (exact) mass is 271 g/mol. The summed E-state index contributed by atoms with van der Waals surface area (Å²) in [4.78, 5) is 0. The second-order valence-electron chi connectivity index (χ2n) is 5.44. The highest BCUT2D eigenvalue weighted by Crippen LogP contribution is 2.21. The molecule has 0 aliphatic rings. The predicted molar refractivity (Wildman–Crippen MR) is 84.4 cm³/mol. The van der Waals surface area contributed by atoms with Gasteiger partial charge in [0.1, 0.15) is 0 Å². The number of para-hydroxylation sites is 1. The van der Waals surface area contributed by atoms with Crippen molar-refractivity contribution in [3.63, 3.8) is 0 Å². The fourth-order valence-corrected chi connectivity index (χ4v) is 2.51. The Morgan fingerprint density at radius 2 is 1.85 bits per heavy atom. The molecule has 1 N–H and O–H groups in total. The van der Waals surface area contributed by atoms with Gasteiger partial charge in [-0.25, -0.2) is 4.68 Å². The summed E-state index contributed by atoms with van der Waals surface area (Å²) >= 11 is 0. The first kappa shape index (κ1) is 14.8. The van der Waals surface area contributed by atoms with Gasteiger partial charge >= 0.3 is 0 Å². The van der Waals surface area contributed by atoms with Crippen LogP contribution in [-0.2, 0) is 6.54 Å². The molecule has 2 rings (SSSR count). The van der Waals surface area contributed by atoms with Gasteiger partial charge in [0, 0.05) is 17.8 Å². The average Bonchev–Trinajstić information content (AvgIpc) is 2.77. The number of rotatable bonds is 6. The third-order valence-electron chi connectivity index (χ3n) is 3.79. The molecular weight excluding hydrogens is 246 g/mol. The van der Waals surface area contributed by atoms with Gasteiger partial charge in [-0.05, 0) is 44.9 Å². The molecule has 2 aromatic rings. The van der Waals surface area contributed by atoms with Crippen LogP contribution in [0.1, 0.15) is 42.1 Å². The molecule has 1 aromatic heterocycles. The first-order chi connectivity index (χ1) is 9.65. The largest absolute Gasteiger partial charge is 0.313 e. The second-order valence-corrected chi connectivity index (χ2v) is 5.44. The van der Waals surface area contributed by atoms with Gasteiger partial charge < -0.3 is 5.32 Å². The molecule has 0 aliphatic heterocycles. The minimum absolute atomic E-state index is 0.900. The van der Waals surface area contributed by atoms with Gasteiger partial charge in [-0.1, -0.05) is 31.5 Å². The number of nitrogens with zero attached hydrogens (tertiary/aromatic N) is 2. The van der Waals surface area contributed by atoms with Crippen LogP contribution in [-0.4, -0.2) is 16.3 Å². The summed E-state index contributed by atoms with van der Waals surface area (Å²) in [6.45, 7) is 10.6. The van der Waals surface area contributed by atoms with Crippen LogP contribution in [0.4, 0.5) is 0 Å². The predicted octanol–water partition coefficient (Wildman–Crippen LogP) is 3.69. The molecule has 0 unspecified atom stereocenters. The molecule has 0 fully saturated rings. The van der Waals surface area contributed by atoms with Gasteiger partial charge in [-0.3, -0.25) is 0 Å². The van der Waals surface area contributed by atoms with Crippen LogP contribution in [0, 0.1) is 20.8 Å². The average molecular weight is 271 g/mol. The lowest BCUT2D eigenvalue weighted by Crippen LogP contribution is -2.15. The van der Waals surface area contributed by atoms with Crippen LogP contribution in [0.2, 0.25) is 0 Å². The van der Waals surface area contributed by atoms with Gasteiger partial charge in [0.05, 0.1) is 11.9 Å². The zero-order valence-electron chi connectivity index (χ0n) is 13.0. The number of benzene rings is 1. The highest BCUT2D eigenvalue weighted by Gasteiger charge is 2.11. The van der Waals surface area contributed by atoms with Crippen molar-refractivity contribution < 1.29 is 0 Å². The highest BCUT2D eigenvalue weighted by molar-refractivity contribution is 5.47. The Morgan fingerprint density at radius 3 is 2.50 bits per heavy atom. The van der Waals surface area contributed by atoms with E-state index in [2.05, 4.69) is 61.0 Å². The molecule has 3 heteroatoms. The molecule has 0 saturated heterocycles. The molecule has 0 atom stereocenters. The van der Waals surface area contributed by atoms with E-state index in [4.69, 9.17) is 0 Å². The molecule has 0 radical (unpaired) electrons. The van der Waals surface area contributed by atoms with E-state index in [-0.39, 0.29) is 0 Å². The molecule has 3 nitrogen and oxygen atoms in total. The summed E-state index contributed by atoms with van der Waals surface area (Å²) < 4.78 is 2.07. The van der Waals surface area contributed by atoms with Crippen LogP contribution in [0.3, 0.4) is 0 Å². The smallest absolute Gasteiger partial charge is 0.0707 e. The zero-order chi connectivity index (χ0) is 14.5. The van der Waals surface area contributed by atoms with Crippen molar-refractivity contribution in [1.29, 1.82) is 0 Å². The minimum Gasteiger partial charge on any atom is -0.313 e. The van der Waals surface area contributed by atoms with Crippen molar-refractivity contribution in [2.75, 3.05) is 6.54 Å². The first-order valence-electron chi connectivity index (χ1n) is 7.46. The summed E-state index contributed by atoms with van der Waals surface area (Å²) in [6.07, 6.45) is 4.44. The summed E-state index contributed by atoms with van der Waals surface area (Å²) in [5.41, 5.74) is 6.25. The number of aromatic nitrogens is 2. The van der Waals surface area contributed by atoms with Crippen LogP contribution < -0.4 is 5.32 Å². The third-order valence-corrected chi connectivity index (χ3v) is 3.79. The third kappa shape index (κ3) is 3.10. The number of aryl methyl sites for hydroxylation is 2. The molecule has 1 heterocycles. The summed E-state index contributed by atoms with van der Waals surface area (Å²) in [5.74, 6) is 0. The van der Waals surface area contributed by atoms with Crippen molar-refractivity contribution >= 4 is 0 Å². The Kier molecular flexibility index (Phi) is 4.96. The number of hydrogen-bond donors (Lipinski definition) is 1. The van der Waals surface area contributed by atoms with Crippen molar-refractivity contribution in [1.82, 2.24) is 15.1 Å². The van der Waals surface area contributed by atoms with E-state index in [0.29, 0.717) is 0 Å². The standard InChI is InChI=1S/C17H25N3/c1-5-6-10-18-11-16-12-19-20(15(16)4)17-13(2)8-7-9-14(17)3/h7-9,12,18H,5-6,10-11H2,1-4H3. The zero-order valence-corrected chi connectivity index (χ0v) is 13.0. The van der Waals surface area contributed by atoms with E-state index in [1.165, 1.54) is 40.9 Å². The van der Waals surface area contributed by atoms with Gasteiger partial charge in [0.15, 0.2) is 0 Å². The molecular formula is C17H25N3. The lowest BCUT2D eigenvalue weighted by molar-refractivity contribution is 0.639. The summed E-state index contributed by atoms with van der Waals surface area (Å²) in [7, 11) is 0. The Bertz CT molecular complexity index is 549. The Hall–Kier alpha value is -1.61. The molecule has 0 spiro atoms. The van der Waals surface area contributed by atoms with Crippen molar-refractivity contribution in [2.45, 2.75) is 47.1 Å². The van der Waals surface area contributed by atoms with Gasteiger partial charge in [-0.2, -0.15) is 5.10 Å². The lowest BCUT2D eigenvalue weighted by Gasteiger charge is -2.12. The van der Waals surface area contributed by atoms with Crippen molar-refractivity contribution in [3.05, 3.63) is 46.8 Å². The second kappa shape index (κ2) is 6.71. The molecule has 0 amide bonds. The highest BCUT2D eigenvalue weighted by atomic mass is 15.3. The van der Waals surface area contributed by atoms with Crippen molar-refractivity contribution in [2.24, 2.45) is 0 Å². The molecule has 108 valence electrons. The van der Waals surface area contributed by atoms with Crippen molar-refractivity contribution in [3.8, 4) is 5.69 Å². The molecule has 0 aliphatic carbocycles. The number of unbranched alkanes of at least 4 members (excludes halogenated alkanes) is 1. The van der Waals surface area contributed by atoms with E-state index >= 15 is 0 Å². The lowest BCUT2D eigenvalue weighted by atomic mass is 10.1. The maximum atomic E-state index is 4.58. The van der Waals surface area contributed by atoms with Crippen LogP contribution in [0.15, 0.2) is 24.4 Å². The Morgan fingerprint density at radius 1 is 1.15 bits per heavy atom.